The second-order valence-electron chi connectivity index (χ2n) is 4.10. The molecule has 3 aromatic heterocycles. The molecule has 0 atom stereocenters. The van der Waals surface area contributed by atoms with Gasteiger partial charge in [-0.25, -0.2) is 14.8 Å². The van der Waals surface area contributed by atoms with E-state index < -0.39 is 5.97 Å². The normalized spacial score (nSPS) is 10.9. The van der Waals surface area contributed by atoms with Crippen LogP contribution in [0.15, 0.2) is 41.4 Å². The average Bonchev–Trinajstić information content (AvgIpc) is 3.04. The highest BCUT2D eigenvalue weighted by Gasteiger charge is 2.16. The number of carboxylic acids is 1. The Kier molecular flexibility index (Phi) is 2.75. The lowest BCUT2D eigenvalue weighted by molar-refractivity contribution is 0.0693. The second kappa shape index (κ2) is 4.56. The minimum absolute atomic E-state index is 0.0526. The molecule has 0 aliphatic carbocycles. The number of carboxylic acid groups (broad SMARTS) is 1. The molecule has 0 spiro atoms. The van der Waals surface area contributed by atoms with E-state index in [1.165, 1.54) is 0 Å². The lowest BCUT2D eigenvalue weighted by atomic mass is 10.2. The van der Waals surface area contributed by atoms with Gasteiger partial charge in [0, 0.05) is 19.0 Å². The van der Waals surface area contributed by atoms with Gasteiger partial charge in [0.25, 0.3) is 0 Å². The Hall–Kier alpha value is -2.63. The average molecular weight is 257 g/mol. The number of aryl methyl sites for hydroxylation is 2. The molecule has 3 rings (SSSR count). The largest absolute Gasteiger partial charge is 0.476 e. The summed E-state index contributed by atoms with van der Waals surface area (Å²) < 4.78 is 6.95. The fraction of sp³-hybridized carbons (Fsp3) is 0.154. The van der Waals surface area contributed by atoms with Gasteiger partial charge in [0.15, 0.2) is 5.69 Å². The SMILES string of the molecule is O=C(O)c1nc(CCc2ccco2)n2cnccc12. The molecule has 1 N–H and O–H groups in total. The molecule has 3 heterocycles. The van der Waals surface area contributed by atoms with Crippen molar-refractivity contribution in [3.8, 4) is 0 Å². The number of aromatic nitrogens is 3. The number of carbonyl (C=O) groups is 1. The monoisotopic (exact) mass is 257 g/mol. The zero-order valence-electron chi connectivity index (χ0n) is 9.98. The van der Waals surface area contributed by atoms with E-state index in [0.29, 0.717) is 24.2 Å². The van der Waals surface area contributed by atoms with E-state index in [-0.39, 0.29) is 5.69 Å². The molecule has 0 fully saturated rings. The number of aromatic carboxylic acids is 1. The third-order valence-electron chi connectivity index (χ3n) is 2.90. The quantitative estimate of drug-likeness (QED) is 0.770. The van der Waals surface area contributed by atoms with Crippen molar-refractivity contribution < 1.29 is 14.3 Å². The van der Waals surface area contributed by atoms with Gasteiger partial charge in [-0.15, -0.1) is 0 Å². The summed E-state index contributed by atoms with van der Waals surface area (Å²) in [6.45, 7) is 0. The number of nitrogens with zero attached hydrogens (tertiary/aromatic N) is 3. The Morgan fingerprint density at radius 1 is 1.37 bits per heavy atom. The first kappa shape index (κ1) is 11.5. The summed E-state index contributed by atoms with van der Waals surface area (Å²) in [7, 11) is 0. The van der Waals surface area contributed by atoms with Crippen LogP contribution in [0.4, 0.5) is 0 Å². The van der Waals surface area contributed by atoms with E-state index >= 15 is 0 Å². The van der Waals surface area contributed by atoms with Crippen LogP contribution in [0.2, 0.25) is 0 Å². The molecule has 0 aliphatic heterocycles. The van der Waals surface area contributed by atoms with Crippen molar-refractivity contribution in [1.82, 2.24) is 14.4 Å². The molecule has 6 nitrogen and oxygen atoms in total. The van der Waals surface area contributed by atoms with Crippen LogP contribution in [0.3, 0.4) is 0 Å². The summed E-state index contributed by atoms with van der Waals surface area (Å²) >= 11 is 0. The molecule has 96 valence electrons. The second-order valence-corrected chi connectivity index (χ2v) is 4.10. The number of furan rings is 1. The predicted molar refractivity (Wildman–Crippen MR) is 66.1 cm³/mol. The highest BCUT2D eigenvalue weighted by molar-refractivity contribution is 5.93. The summed E-state index contributed by atoms with van der Waals surface area (Å²) in [5.74, 6) is 0.474. The lowest BCUT2D eigenvalue weighted by Gasteiger charge is -1.98. The van der Waals surface area contributed by atoms with Gasteiger partial charge in [-0.1, -0.05) is 0 Å². The van der Waals surface area contributed by atoms with Crippen molar-refractivity contribution in [2.45, 2.75) is 12.8 Å². The van der Waals surface area contributed by atoms with Crippen molar-refractivity contribution >= 4 is 11.5 Å². The number of hydrogen-bond acceptors (Lipinski definition) is 4. The first-order valence-electron chi connectivity index (χ1n) is 5.82. The molecular formula is C13H11N3O3. The van der Waals surface area contributed by atoms with Gasteiger partial charge < -0.3 is 9.52 Å². The zero-order chi connectivity index (χ0) is 13.2. The first-order valence-corrected chi connectivity index (χ1v) is 5.82. The number of fused-ring (bicyclic) bond motifs is 1. The fourth-order valence-corrected chi connectivity index (χ4v) is 2.02. The maximum absolute atomic E-state index is 11.1. The van der Waals surface area contributed by atoms with Gasteiger partial charge in [0.05, 0.1) is 11.8 Å². The van der Waals surface area contributed by atoms with Gasteiger partial charge in [-0.05, 0) is 18.2 Å². The van der Waals surface area contributed by atoms with Crippen LogP contribution in [0.5, 0.6) is 0 Å². The third-order valence-corrected chi connectivity index (χ3v) is 2.90. The molecule has 0 saturated carbocycles. The van der Waals surface area contributed by atoms with Crippen LogP contribution in [0, 0.1) is 0 Å². The minimum Gasteiger partial charge on any atom is -0.476 e. The smallest absolute Gasteiger partial charge is 0.356 e. The topological polar surface area (TPSA) is 80.6 Å². The van der Waals surface area contributed by atoms with Crippen LogP contribution in [-0.4, -0.2) is 25.4 Å². The molecule has 0 aromatic carbocycles. The van der Waals surface area contributed by atoms with E-state index in [1.54, 1.807) is 29.3 Å². The van der Waals surface area contributed by atoms with Crippen LogP contribution >= 0.6 is 0 Å². The number of hydrogen-bond donors (Lipinski definition) is 1. The van der Waals surface area contributed by atoms with Gasteiger partial charge in [0.2, 0.25) is 0 Å². The minimum atomic E-state index is -1.03. The van der Waals surface area contributed by atoms with E-state index in [9.17, 15) is 4.79 Å². The van der Waals surface area contributed by atoms with E-state index in [1.807, 2.05) is 12.1 Å². The summed E-state index contributed by atoms with van der Waals surface area (Å²) in [6.07, 6.45) is 6.00. The molecule has 3 aromatic rings. The zero-order valence-corrected chi connectivity index (χ0v) is 9.98. The molecule has 6 heteroatoms. The Balaban J connectivity index is 1.97. The molecular weight excluding hydrogens is 246 g/mol. The number of rotatable bonds is 4. The Labute approximate surface area is 108 Å². The van der Waals surface area contributed by atoms with Gasteiger partial charge >= 0.3 is 5.97 Å². The summed E-state index contributed by atoms with van der Waals surface area (Å²) in [5.41, 5.74) is 0.605. The van der Waals surface area contributed by atoms with Crippen LogP contribution < -0.4 is 0 Å². The molecule has 0 amide bonds. The maximum atomic E-state index is 11.1. The summed E-state index contributed by atoms with van der Waals surface area (Å²) in [5, 5.41) is 9.13. The predicted octanol–water partition coefficient (Wildman–Crippen LogP) is 1.81. The van der Waals surface area contributed by atoms with Crippen LogP contribution in [0.1, 0.15) is 22.1 Å². The highest BCUT2D eigenvalue weighted by Crippen LogP contribution is 2.14. The molecule has 0 bridgehead atoms. The number of imidazole rings is 1. The van der Waals surface area contributed by atoms with Crippen LogP contribution in [-0.2, 0) is 12.8 Å². The summed E-state index contributed by atoms with van der Waals surface area (Å²) in [4.78, 5) is 19.3. The molecule has 0 radical (unpaired) electrons. The van der Waals surface area contributed by atoms with Crippen molar-refractivity contribution in [1.29, 1.82) is 0 Å². The van der Waals surface area contributed by atoms with E-state index in [4.69, 9.17) is 9.52 Å². The Morgan fingerprint density at radius 2 is 2.26 bits per heavy atom. The van der Waals surface area contributed by atoms with Crippen molar-refractivity contribution in [2.75, 3.05) is 0 Å². The molecule has 0 aliphatic rings. The van der Waals surface area contributed by atoms with Crippen molar-refractivity contribution in [3.63, 3.8) is 0 Å². The molecule has 0 saturated heterocycles. The molecule has 0 unspecified atom stereocenters. The highest BCUT2D eigenvalue weighted by atomic mass is 16.4. The lowest BCUT2D eigenvalue weighted by Crippen LogP contribution is -1.98. The Morgan fingerprint density at radius 3 is 3.00 bits per heavy atom. The van der Waals surface area contributed by atoms with Crippen LogP contribution in [0.25, 0.3) is 5.52 Å². The van der Waals surface area contributed by atoms with Gasteiger partial charge in [-0.3, -0.25) is 4.40 Å². The van der Waals surface area contributed by atoms with Crippen molar-refractivity contribution in [3.05, 3.63) is 54.3 Å². The van der Waals surface area contributed by atoms with Gasteiger partial charge in [-0.2, -0.15) is 0 Å². The van der Waals surface area contributed by atoms with E-state index in [0.717, 1.165) is 5.76 Å². The fourth-order valence-electron chi connectivity index (χ4n) is 2.02. The first-order chi connectivity index (χ1) is 9.25. The molecule has 19 heavy (non-hydrogen) atoms. The summed E-state index contributed by atoms with van der Waals surface area (Å²) in [6, 6.07) is 5.35. The van der Waals surface area contributed by atoms with Gasteiger partial charge in [0.1, 0.15) is 17.9 Å². The van der Waals surface area contributed by atoms with Crippen molar-refractivity contribution in [2.24, 2.45) is 0 Å². The van der Waals surface area contributed by atoms with E-state index in [2.05, 4.69) is 9.97 Å². The Bertz CT molecular complexity index is 716. The third kappa shape index (κ3) is 2.08. The maximum Gasteiger partial charge on any atom is 0.356 e. The standard InChI is InChI=1S/C13H11N3O3/c17-13(18)12-10-5-6-14-8-16(10)11(15-12)4-3-9-2-1-7-19-9/h1-2,5-8H,3-4H2,(H,17,18).